The number of allylic oxidation sites excluding steroid dienone is 1. The van der Waals surface area contributed by atoms with E-state index in [2.05, 4.69) is 17.5 Å². The SMILES string of the molecule is O=C(NC1C=CCCC1)C12CC3CC(CC(C3)C1)C2. The van der Waals surface area contributed by atoms with Crippen molar-refractivity contribution in [1.29, 1.82) is 0 Å². The third-order valence-corrected chi connectivity index (χ3v) is 6.09. The van der Waals surface area contributed by atoms with Crippen LogP contribution in [-0.4, -0.2) is 11.9 Å². The van der Waals surface area contributed by atoms with Crippen molar-refractivity contribution in [2.75, 3.05) is 0 Å². The fraction of sp³-hybridized carbons (Fsp3) is 0.824. The summed E-state index contributed by atoms with van der Waals surface area (Å²) >= 11 is 0. The van der Waals surface area contributed by atoms with Gasteiger partial charge in [-0.15, -0.1) is 0 Å². The normalized spacial score (nSPS) is 47.4. The monoisotopic (exact) mass is 259 g/mol. The third-order valence-electron chi connectivity index (χ3n) is 6.09. The molecule has 0 saturated heterocycles. The lowest BCUT2D eigenvalue weighted by molar-refractivity contribution is -0.146. The zero-order chi connectivity index (χ0) is 12.9. The zero-order valence-electron chi connectivity index (χ0n) is 11.7. The minimum Gasteiger partial charge on any atom is -0.349 e. The van der Waals surface area contributed by atoms with Gasteiger partial charge in [0.2, 0.25) is 5.91 Å². The fourth-order valence-electron chi connectivity index (χ4n) is 5.64. The topological polar surface area (TPSA) is 29.1 Å². The lowest BCUT2D eigenvalue weighted by Gasteiger charge is -2.55. The van der Waals surface area contributed by atoms with Crippen molar-refractivity contribution in [3.8, 4) is 0 Å². The van der Waals surface area contributed by atoms with Gasteiger partial charge in [0.25, 0.3) is 0 Å². The van der Waals surface area contributed by atoms with E-state index in [0.29, 0.717) is 11.9 Å². The zero-order valence-corrected chi connectivity index (χ0v) is 11.7. The maximum absolute atomic E-state index is 12.8. The summed E-state index contributed by atoms with van der Waals surface area (Å²) in [4.78, 5) is 12.8. The van der Waals surface area contributed by atoms with Gasteiger partial charge in [-0.05, 0) is 75.5 Å². The first-order chi connectivity index (χ1) is 9.23. The summed E-state index contributed by atoms with van der Waals surface area (Å²) in [7, 11) is 0. The number of rotatable bonds is 2. The molecule has 0 radical (unpaired) electrons. The maximum Gasteiger partial charge on any atom is 0.226 e. The molecular formula is C17H25NO. The molecule has 2 heteroatoms. The van der Waals surface area contributed by atoms with Gasteiger partial charge in [-0.2, -0.15) is 0 Å². The summed E-state index contributed by atoms with van der Waals surface area (Å²) in [6.07, 6.45) is 15.8. The Morgan fingerprint density at radius 3 is 2.21 bits per heavy atom. The molecule has 4 bridgehead atoms. The second-order valence-electron chi connectivity index (χ2n) is 7.64. The van der Waals surface area contributed by atoms with Crippen LogP contribution in [0.1, 0.15) is 57.8 Å². The van der Waals surface area contributed by atoms with E-state index in [-0.39, 0.29) is 5.41 Å². The van der Waals surface area contributed by atoms with E-state index in [4.69, 9.17) is 0 Å². The number of hydrogen-bond donors (Lipinski definition) is 1. The van der Waals surface area contributed by atoms with Gasteiger partial charge in [0.05, 0.1) is 0 Å². The van der Waals surface area contributed by atoms with E-state index in [1.54, 1.807) is 0 Å². The molecule has 5 aliphatic rings. The van der Waals surface area contributed by atoms with E-state index in [1.165, 1.54) is 51.4 Å². The van der Waals surface area contributed by atoms with Gasteiger partial charge in [-0.1, -0.05) is 12.2 Å². The van der Waals surface area contributed by atoms with E-state index in [1.807, 2.05) is 0 Å². The molecule has 19 heavy (non-hydrogen) atoms. The number of nitrogens with one attached hydrogen (secondary N) is 1. The Morgan fingerprint density at radius 2 is 1.68 bits per heavy atom. The van der Waals surface area contributed by atoms with Crippen molar-refractivity contribution >= 4 is 5.91 Å². The second-order valence-corrected chi connectivity index (χ2v) is 7.64. The molecule has 0 heterocycles. The van der Waals surface area contributed by atoms with Crippen LogP contribution in [0.3, 0.4) is 0 Å². The average Bonchev–Trinajstić information content (AvgIpc) is 2.38. The Morgan fingerprint density at radius 1 is 1.05 bits per heavy atom. The highest BCUT2D eigenvalue weighted by atomic mass is 16.2. The molecule has 2 nitrogen and oxygen atoms in total. The molecule has 5 aliphatic carbocycles. The Bertz CT molecular complexity index is 376. The summed E-state index contributed by atoms with van der Waals surface area (Å²) in [6.45, 7) is 0. The highest BCUT2D eigenvalue weighted by molar-refractivity contribution is 5.83. The largest absolute Gasteiger partial charge is 0.349 e. The first-order valence-electron chi connectivity index (χ1n) is 8.21. The van der Waals surface area contributed by atoms with Crippen molar-refractivity contribution in [1.82, 2.24) is 5.32 Å². The summed E-state index contributed by atoms with van der Waals surface area (Å²) < 4.78 is 0. The molecule has 5 rings (SSSR count). The van der Waals surface area contributed by atoms with Gasteiger partial charge >= 0.3 is 0 Å². The van der Waals surface area contributed by atoms with Gasteiger partial charge in [-0.25, -0.2) is 0 Å². The molecule has 1 unspecified atom stereocenters. The van der Waals surface area contributed by atoms with Crippen LogP contribution in [-0.2, 0) is 4.79 Å². The van der Waals surface area contributed by atoms with Crippen molar-refractivity contribution in [3.63, 3.8) is 0 Å². The van der Waals surface area contributed by atoms with Crippen LogP contribution in [0, 0.1) is 23.2 Å². The summed E-state index contributed by atoms with van der Waals surface area (Å²) in [6, 6.07) is 0.314. The van der Waals surface area contributed by atoms with Crippen molar-refractivity contribution in [2.24, 2.45) is 23.2 Å². The molecule has 0 aromatic rings. The van der Waals surface area contributed by atoms with Crippen LogP contribution >= 0.6 is 0 Å². The summed E-state index contributed by atoms with van der Waals surface area (Å²) in [5.41, 5.74) is 0.0278. The van der Waals surface area contributed by atoms with Crippen LogP contribution < -0.4 is 5.32 Å². The first kappa shape index (κ1) is 12.0. The van der Waals surface area contributed by atoms with E-state index < -0.39 is 0 Å². The van der Waals surface area contributed by atoms with Gasteiger partial charge < -0.3 is 5.32 Å². The highest BCUT2D eigenvalue weighted by Gasteiger charge is 2.54. The Kier molecular flexibility index (Phi) is 2.75. The molecule has 4 saturated carbocycles. The number of hydrogen-bond acceptors (Lipinski definition) is 1. The minimum absolute atomic E-state index is 0.0278. The van der Waals surface area contributed by atoms with Crippen LogP contribution in [0.2, 0.25) is 0 Å². The smallest absolute Gasteiger partial charge is 0.226 e. The quantitative estimate of drug-likeness (QED) is 0.756. The molecule has 104 valence electrons. The number of carbonyl (C=O) groups excluding carboxylic acids is 1. The van der Waals surface area contributed by atoms with Crippen molar-refractivity contribution in [2.45, 2.75) is 63.8 Å². The predicted molar refractivity (Wildman–Crippen MR) is 75.5 cm³/mol. The molecule has 0 aromatic carbocycles. The van der Waals surface area contributed by atoms with E-state index >= 15 is 0 Å². The maximum atomic E-state index is 12.8. The molecule has 1 N–H and O–H groups in total. The Labute approximate surface area is 116 Å². The van der Waals surface area contributed by atoms with Crippen molar-refractivity contribution in [3.05, 3.63) is 12.2 Å². The lowest BCUT2D eigenvalue weighted by atomic mass is 9.49. The standard InChI is InChI=1S/C17H25NO/c19-16(18-15-4-2-1-3-5-15)17-9-12-6-13(10-17)8-14(7-12)11-17/h2,4,12-15H,1,3,5-11H2,(H,18,19). The van der Waals surface area contributed by atoms with E-state index in [9.17, 15) is 4.79 Å². The van der Waals surface area contributed by atoms with E-state index in [0.717, 1.165) is 24.2 Å². The predicted octanol–water partition coefficient (Wildman–Crippen LogP) is 3.43. The fourth-order valence-corrected chi connectivity index (χ4v) is 5.64. The molecular weight excluding hydrogens is 234 g/mol. The third kappa shape index (κ3) is 2.04. The van der Waals surface area contributed by atoms with Gasteiger partial charge in [0, 0.05) is 11.5 Å². The van der Waals surface area contributed by atoms with Gasteiger partial charge in [0.15, 0.2) is 0 Å². The summed E-state index contributed by atoms with van der Waals surface area (Å²) in [5, 5.41) is 3.35. The summed E-state index contributed by atoms with van der Waals surface area (Å²) in [5.74, 6) is 2.97. The molecule has 0 spiro atoms. The first-order valence-corrected chi connectivity index (χ1v) is 8.21. The molecule has 1 atom stereocenters. The van der Waals surface area contributed by atoms with Crippen LogP contribution in [0.4, 0.5) is 0 Å². The molecule has 0 aromatic heterocycles. The minimum atomic E-state index is 0.0278. The second kappa shape index (κ2) is 4.36. The number of amides is 1. The van der Waals surface area contributed by atoms with Gasteiger partial charge in [0.1, 0.15) is 0 Å². The highest BCUT2D eigenvalue weighted by Crippen LogP contribution is 2.60. The van der Waals surface area contributed by atoms with Crippen LogP contribution in [0.25, 0.3) is 0 Å². The lowest BCUT2D eigenvalue weighted by Crippen LogP contribution is -2.55. The average molecular weight is 259 g/mol. The Balaban J connectivity index is 1.50. The molecule has 1 amide bonds. The molecule has 0 aliphatic heterocycles. The van der Waals surface area contributed by atoms with Gasteiger partial charge in [-0.3, -0.25) is 4.79 Å². The van der Waals surface area contributed by atoms with Crippen LogP contribution in [0.15, 0.2) is 12.2 Å². The molecule has 4 fully saturated rings. The van der Waals surface area contributed by atoms with Crippen LogP contribution in [0.5, 0.6) is 0 Å². The Hall–Kier alpha value is -0.790. The number of carbonyl (C=O) groups is 1. The van der Waals surface area contributed by atoms with Crippen molar-refractivity contribution < 1.29 is 4.79 Å².